The van der Waals surface area contributed by atoms with Crippen LogP contribution in [0.4, 0.5) is 15.8 Å². The fourth-order valence-electron chi connectivity index (χ4n) is 2.25. The van der Waals surface area contributed by atoms with E-state index in [0.717, 1.165) is 0 Å². The molecule has 2 aromatic carbocycles. The van der Waals surface area contributed by atoms with E-state index in [4.69, 9.17) is 9.15 Å². The van der Waals surface area contributed by atoms with Crippen LogP contribution >= 0.6 is 0 Å². The van der Waals surface area contributed by atoms with Crippen molar-refractivity contribution in [3.63, 3.8) is 0 Å². The number of amides is 2. The summed E-state index contributed by atoms with van der Waals surface area (Å²) in [7, 11) is 0. The molecule has 0 atom stereocenters. The van der Waals surface area contributed by atoms with Gasteiger partial charge < -0.3 is 19.8 Å². The fraction of sp³-hybridized carbons (Fsp3) is 0.100. The molecule has 0 aliphatic carbocycles. The molecule has 0 radical (unpaired) electrons. The van der Waals surface area contributed by atoms with Crippen molar-refractivity contribution in [3.05, 3.63) is 78.5 Å². The standard InChI is InChI=1S/C20H17FN2O4/c21-14-3-9-17(10-4-14)26-13-11-19(24)22-15-5-7-16(8-6-15)23-20(25)18-2-1-12-27-18/h1-10,12H,11,13H2,(H,22,24)(H,23,25). The van der Waals surface area contributed by atoms with E-state index in [1.165, 1.54) is 30.5 Å². The van der Waals surface area contributed by atoms with Crippen LogP contribution in [0.2, 0.25) is 0 Å². The molecule has 1 aromatic heterocycles. The first-order valence-electron chi connectivity index (χ1n) is 8.23. The van der Waals surface area contributed by atoms with E-state index in [1.807, 2.05) is 0 Å². The average Bonchev–Trinajstić information content (AvgIpc) is 3.20. The third-order valence-corrected chi connectivity index (χ3v) is 3.58. The lowest BCUT2D eigenvalue weighted by atomic mass is 10.2. The molecule has 0 spiro atoms. The van der Waals surface area contributed by atoms with Crippen molar-refractivity contribution in [3.8, 4) is 5.75 Å². The normalized spacial score (nSPS) is 10.3. The summed E-state index contributed by atoms with van der Waals surface area (Å²) >= 11 is 0. The summed E-state index contributed by atoms with van der Waals surface area (Å²) < 4.78 is 23.2. The third-order valence-electron chi connectivity index (χ3n) is 3.58. The number of benzene rings is 2. The predicted octanol–water partition coefficient (Wildman–Crippen LogP) is 4.08. The number of hydrogen-bond donors (Lipinski definition) is 2. The number of carbonyl (C=O) groups is 2. The third kappa shape index (κ3) is 5.43. The number of ether oxygens (including phenoxy) is 1. The van der Waals surface area contributed by atoms with Gasteiger partial charge >= 0.3 is 0 Å². The van der Waals surface area contributed by atoms with Crippen LogP contribution < -0.4 is 15.4 Å². The smallest absolute Gasteiger partial charge is 0.291 e. The minimum atomic E-state index is -0.352. The van der Waals surface area contributed by atoms with Gasteiger partial charge in [0, 0.05) is 11.4 Å². The Balaban J connectivity index is 1.44. The van der Waals surface area contributed by atoms with E-state index in [9.17, 15) is 14.0 Å². The number of halogens is 1. The summed E-state index contributed by atoms with van der Waals surface area (Å²) in [6, 6.07) is 15.5. The summed E-state index contributed by atoms with van der Waals surface area (Å²) in [5, 5.41) is 5.42. The zero-order valence-corrected chi connectivity index (χ0v) is 14.3. The molecule has 7 heteroatoms. The van der Waals surface area contributed by atoms with Crippen LogP contribution in [0.3, 0.4) is 0 Å². The van der Waals surface area contributed by atoms with Crippen molar-refractivity contribution in [1.82, 2.24) is 0 Å². The molecule has 0 saturated carbocycles. The quantitative estimate of drug-likeness (QED) is 0.658. The van der Waals surface area contributed by atoms with Crippen molar-refractivity contribution in [2.75, 3.05) is 17.2 Å². The van der Waals surface area contributed by atoms with Gasteiger partial charge in [-0.1, -0.05) is 0 Å². The van der Waals surface area contributed by atoms with Gasteiger partial charge in [0.25, 0.3) is 5.91 Å². The van der Waals surface area contributed by atoms with Gasteiger partial charge in [0.1, 0.15) is 11.6 Å². The van der Waals surface area contributed by atoms with Crippen molar-refractivity contribution in [2.24, 2.45) is 0 Å². The molecule has 6 nitrogen and oxygen atoms in total. The van der Waals surface area contributed by atoms with E-state index in [-0.39, 0.29) is 36.4 Å². The van der Waals surface area contributed by atoms with Gasteiger partial charge in [0.15, 0.2) is 5.76 Å². The van der Waals surface area contributed by atoms with Crippen LogP contribution in [0.5, 0.6) is 5.75 Å². The van der Waals surface area contributed by atoms with Gasteiger partial charge in [0.2, 0.25) is 5.91 Å². The highest BCUT2D eigenvalue weighted by Gasteiger charge is 2.09. The number of anilines is 2. The van der Waals surface area contributed by atoms with E-state index < -0.39 is 0 Å². The largest absolute Gasteiger partial charge is 0.493 e. The Morgan fingerprint density at radius 1 is 0.926 bits per heavy atom. The monoisotopic (exact) mass is 368 g/mol. The van der Waals surface area contributed by atoms with Gasteiger partial charge in [-0.05, 0) is 60.7 Å². The van der Waals surface area contributed by atoms with Crippen molar-refractivity contribution < 1.29 is 23.1 Å². The van der Waals surface area contributed by atoms with Crippen molar-refractivity contribution in [2.45, 2.75) is 6.42 Å². The Labute approximate surface area is 155 Å². The lowest BCUT2D eigenvalue weighted by Crippen LogP contribution is -2.15. The fourth-order valence-corrected chi connectivity index (χ4v) is 2.25. The molecule has 2 amide bonds. The summed E-state index contributed by atoms with van der Waals surface area (Å²) in [6.45, 7) is 0.175. The number of hydrogen-bond acceptors (Lipinski definition) is 4. The molecule has 3 rings (SSSR count). The highest BCUT2D eigenvalue weighted by molar-refractivity contribution is 6.02. The molecule has 138 valence electrons. The molecule has 27 heavy (non-hydrogen) atoms. The molecule has 0 unspecified atom stereocenters. The van der Waals surface area contributed by atoms with Gasteiger partial charge in [-0.25, -0.2) is 4.39 Å². The van der Waals surface area contributed by atoms with Crippen molar-refractivity contribution >= 4 is 23.2 Å². The topological polar surface area (TPSA) is 80.6 Å². The summed E-state index contributed by atoms with van der Waals surface area (Å²) in [5.41, 5.74) is 1.17. The van der Waals surface area contributed by atoms with Crippen molar-refractivity contribution in [1.29, 1.82) is 0 Å². The van der Waals surface area contributed by atoms with Gasteiger partial charge in [-0.3, -0.25) is 9.59 Å². The maximum Gasteiger partial charge on any atom is 0.291 e. The van der Waals surface area contributed by atoms with Gasteiger partial charge in [-0.15, -0.1) is 0 Å². The number of nitrogens with one attached hydrogen (secondary N) is 2. The first-order valence-corrected chi connectivity index (χ1v) is 8.23. The second-order valence-electron chi connectivity index (χ2n) is 5.61. The van der Waals surface area contributed by atoms with Gasteiger partial charge in [0.05, 0.1) is 19.3 Å². The number of furan rings is 1. The van der Waals surface area contributed by atoms with Crippen LogP contribution in [0, 0.1) is 5.82 Å². The summed E-state index contributed by atoms with van der Waals surface area (Å²) in [4.78, 5) is 23.8. The zero-order valence-electron chi connectivity index (χ0n) is 14.3. The predicted molar refractivity (Wildman–Crippen MR) is 98.2 cm³/mol. The molecule has 2 N–H and O–H groups in total. The summed E-state index contributed by atoms with van der Waals surface area (Å²) in [5.74, 6) is -0.197. The van der Waals surface area contributed by atoms with Crippen LogP contribution in [0.25, 0.3) is 0 Å². The molecule has 0 bridgehead atoms. The van der Waals surface area contributed by atoms with Crippen LogP contribution in [-0.4, -0.2) is 18.4 Å². The van der Waals surface area contributed by atoms with Gasteiger partial charge in [-0.2, -0.15) is 0 Å². The molecular formula is C20H17FN2O4. The molecular weight excluding hydrogens is 351 g/mol. The average molecular weight is 368 g/mol. The molecule has 0 saturated heterocycles. The van der Waals surface area contributed by atoms with E-state index >= 15 is 0 Å². The molecule has 3 aromatic rings. The lowest BCUT2D eigenvalue weighted by molar-refractivity contribution is -0.116. The van der Waals surface area contributed by atoms with Crippen LogP contribution in [-0.2, 0) is 4.79 Å². The Hall–Kier alpha value is -3.61. The maximum atomic E-state index is 12.8. The maximum absolute atomic E-state index is 12.8. The van der Waals surface area contributed by atoms with E-state index in [2.05, 4.69) is 10.6 Å². The van der Waals surface area contributed by atoms with E-state index in [0.29, 0.717) is 17.1 Å². The number of carbonyl (C=O) groups excluding carboxylic acids is 2. The molecule has 0 aliphatic heterocycles. The second kappa shape index (κ2) is 8.66. The zero-order chi connectivity index (χ0) is 19.1. The minimum Gasteiger partial charge on any atom is -0.493 e. The Morgan fingerprint density at radius 2 is 1.59 bits per heavy atom. The van der Waals surface area contributed by atoms with Crippen LogP contribution in [0.15, 0.2) is 71.3 Å². The van der Waals surface area contributed by atoms with E-state index in [1.54, 1.807) is 36.4 Å². The molecule has 0 aliphatic rings. The van der Waals surface area contributed by atoms with Crippen LogP contribution in [0.1, 0.15) is 17.0 Å². The molecule has 1 heterocycles. The molecule has 0 fully saturated rings. The highest BCUT2D eigenvalue weighted by Crippen LogP contribution is 2.15. The Bertz CT molecular complexity index is 891. The lowest BCUT2D eigenvalue weighted by Gasteiger charge is -2.08. The highest BCUT2D eigenvalue weighted by atomic mass is 19.1. The second-order valence-corrected chi connectivity index (χ2v) is 5.61. The number of rotatable bonds is 7. The summed E-state index contributed by atoms with van der Waals surface area (Å²) in [6.07, 6.45) is 1.57. The SMILES string of the molecule is O=C(CCOc1ccc(F)cc1)Nc1ccc(NC(=O)c2ccco2)cc1. The first kappa shape index (κ1) is 18.2. The Morgan fingerprint density at radius 3 is 2.22 bits per heavy atom. The minimum absolute atomic E-state index is 0.147. The first-order chi connectivity index (χ1) is 13.1. The Kier molecular flexibility index (Phi) is 5.84.